The van der Waals surface area contributed by atoms with E-state index in [9.17, 15) is 0 Å². The minimum Gasteiger partial charge on any atom is -0.309 e. The first-order valence-corrected chi connectivity index (χ1v) is 9.45. The van der Waals surface area contributed by atoms with E-state index in [1.54, 1.807) is 11.1 Å². The molecule has 2 aliphatic rings. The second-order valence-electron chi connectivity index (χ2n) is 6.39. The van der Waals surface area contributed by atoms with Crippen molar-refractivity contribution in [3.8, 4) is 0 Å². The highest BCUT2D eigenvalue weighted by atomic mass is 79.9. The van der Waals surface area contributed by atoms with Gasteiger partial charge in [-0.15, -0.1) is 11.3 Å². The molecule has 0 radical (unpaired) electrons. The number of fused-ring (bicyclic) bond motifs is 3. The summed E-state index contributed by atoms with van der Waals surface area (Å²) < 4.78 is 1.23. The molecule has 1 fully saturated rings. The average molecular weight is 362 g/mol. The van der Waals surface area contributed by atoms with Crippen molar-refractivity contribution in [1.82, 2.24) is 5.32 Å². The fourth-order valence-corrected chi connectivity index (χ4v) is 5.58. The minimum absolute atomic E-state index is 0.693. The van der Waals surface area contributed by atoms with E-state index >= 15 is 0 Å². The predicted molar refractivity (Wildman–Crippen MR) is 92.7 cm³/mol. The van der Waals surface area contributed by atoms with E-state index in [0.717, 1.165) is 18.4 Å². The Balaban J connectivity index is 1.50. The number of nitrogens with one attached hydrogen (secondary N) is 1. The first kappa shape index (κ1) is 14.0. The van der Waals surface area contributed by atoms with Crippen LogP contribution < -0.4 is 5.32 Å². The molecule has 3 heteroatoms. The molecule has 1 heterocycles. The van der Waals surface area contributed by atoms with Crippen LogP contribution in [0, 0.1) is 11.8 Å². The Morgan fingerprint density at radius 1 is 1.00 bits per heavy atom. The normalized spacial score (nSPS) is 27.4. The highest BCUT2D eigenvalue weighted by Gasteiger charge is 2.38. The summed E-state index contributed by atoms with van der Waals surface area (Å²) in [7, 11) is 0. The molecule has 1 aromatic carbocycles. The second kappa shape index (κ2) is 5.86. The minimum atomic E-state index is 0.693. The largest absolute Gasteiger partial charge is 0.309 e. The van der Waals surface area contributed by atoms with Crippen LogP contribution in [0.25, 0.3) is 0 Å². The Morgan fingerprint density at radius 2 is 1.67 bits per heavy atom. The molecule has 2 unspecified atom stereocenters. The van der Waals surface area contributed by atoms with Gasteiger partial charge < -0.3 is 5.32 Å². The molecule has 2 aliphatic carbocycles. The van der Waals surface area contributed by atoms with Gasteiger partial charge in [0.25, 0.3) is 0 Å². The summed E-state index contributed by atoms with van der Waals surface area (Å²) in [6, 6.07) is 14.1. The van der Waals surface area contributed by atoms with Gasteiger partial charge in [0.15, 0.2) is 0 Å². The van der Waals surface area contributed by atoms with Crippen molar-refractivity contribution in [2.24, 2.45) is 11.8 Å². The summed E-state index contributed by atoms with van der Waals surface area (Å²) in [5.41, 5.74) is 3.19. The third kappa shape index (κ3) is 2.84. The zero-order valence-corrected chi connectivity index (χ0v) is 14.4. The second-order valence-corrected chi connectivity index (χ2v) is 8.93. The number of benzene rings is 1. The molecule has 0 spiro atoms. The molecule has 2 bridgehead atoms. The van der Waals surface area contributed by atoms with Gasteiger partial charge in [-0.3, -0.25) is 0 Å². The van der Waals surface area contributed by atoms with E-state index in [2.05, 4.69) is 57.6 Å². The van der Waals surface area contributed by atoms with E-state index in [0.29, 0.717) is 6.04 Å². The van der Waals surface area contributed by atoms with Gasteiger partial charge in [-0.2, -0.15) is 0 Å². The fraction of sp³-hybridized carbons (Fsp3) is 0.444. The maximum atomic E-state index is 3.88. The zero-order chi connectivity index (χ0) is 14.2. The van der Waals surface area contributed by atoms with Gasteiger partial charge in [-0.25, -0.2) is 0 Å². The monoisotopic (exact) mass is 361 g/mol. The van der Waals surface area contributed by atoms with Crippen molar-refractivity contribution >= 4 is 27.3 Å². The molecule has 1 N–H and O–H groups in total. The van der Waals surface area contributed by atoms with E-state index in [1.165, 1.54) is 34.3 Å². The summed E-state index contributed by atoms with van der Waals surface area (Å²) in [5, 5.41) is 3.88. The SMILES string of the molecule is Brc1ccc(CNC2C3CCC2Cc2ccccc2C3)s1. The lowest BCUT2D eigenvalue weighted by Crippen LogP contribution is -2.37. The van der Waals surface area contributed by atoms with E-state index < -0.39 is 0 Å². The van der Waals surface area contributed by atoms with Crippen molar-refractivity contribution in [3.05, 3.63) is 56.2 Å². The third-order valence-electron chi connectivity index (χ3n) is 5.15. The Bertz CT molecular complexity index is 603. The lowest BCUT2D eigenvalue weighted by molar-refractivity contribution is 0.341. The van der Waals surface area contributed by atoms with Crippen LogP contribution in [0.2, 0.25) is 0 Å². The number of halogens is 1. The van der Waals surface area contributed by atoms with Gasteiger partial charge >= 0.3 is 0 Å². The van der Waals surface area contributed by atoms with Gasteiger partial charge in [0.1, 0.15) is 0 Å². The molecule has 1 nitrogen and oxygen atoms in total. The van der Waals surface area contributed by atoms with Gasteiger partial charge in [0.2, 0.25) is 0 Å². The molecule has 0 saturated heterocycles. The summed E-state index contributed by atoms with van der Waals surface area (Å²) >= 11 is 5.40. The Labute approximate surface area is 138 Å². The van der Waals surface area contributed by atoms with Crippen LogP contribution >= 0.6 is 27.3 Å². The van der Waals surface area contributed by atoms with Gasteiger partial charge in [-0.1, -0.05) is 24.3 Å². The summed E-state index contributed by atoms with van der Waals surface area (Å²) in [5.74, 6) is 1.64. The number of thiophene rings is 1. The van der Waals surface area contributed by atoms with Crippen molar-refractivity contribution in [2.75, 3.05) is 0 Å². The Hall–Kier alpha value is -0.640. The van der Waals surface area contributed by atoms with Gasteiger partial charge in [0, 0.05) is 17.5 Å². The van der Waals surface area contributed by atoms with Crippen LogP contribution in [0.15, 0.2) is 40.2 Å². The Morgan fingerprint density at radius 3 is 2.24 bits per heavy atom. The van der Waals surface area contributed by atoms with E-state index in [1.807, 2.05) is 11.3 Å². The average Bonchev–Trinajstić information content (AvgIpc) is 2.99. The first-order valence-electron chi connectivity index (χ1n) is 7.84. The van der Waals surface area contributed by atoms with Crippen LogP contribution in [0.1, 0.15) is 28.8 Å². The van der Waals surface area contributed by atoms with E-state index in [4.69, 9.17) is 0 Å². The molecule has 2 aromatic rings. The standard InChI is InChI=1S/C18H20BrNS/c19-17-8-7-16(21-17)11-20-18-14-5-6-15(18)10-13-4-2-1-3-12(13)9-14/h1-4,7-8,14-15,18,20H,5-6,9-11H2. The molecule has 1 saturated carbocycles. The highest BCUT2D eigenvalue weighted by molar-refractivity contribution is 9.11. The van der Waals surface area contributed by atoms with Crippen molar-refractivity contribution in [2.45, 2.75) is 38.3 Å². The number of rotatable bonds is 3. The summed E-state index contributed by atoms with van der Waals surface area (Å²) in [6.45, 7) is 1.02. The molecule has 1 aromatic heterocycles. The van der Waals surface area contributed by atoms with Crippen molar-refractivity contribution in [3.63, 3.8) is 0 Å². The summed E-state index contributed by atoms with van der Waals surface area (Å²) in [6.07, 6.45) is 5.31. The van der Waals surface area contributed by atoms with Crippen LogP contribution in [-0.4, -0.2) is 6.04 Å². The van der Waals surface area contributed by atoms with Crippen LogP contribution in [0.5, 0.6) is 0 Å². The first-order chi connectivity index (χ1) is 10.3. The topological polar surface area (TPSA) is 12.0 Å². The van der Waals surface area contributed by atoms with Gasteiger partial charge in [-0.05, 0) is 76.7 Å². The third-order valence-corrected chi connectivity index (χ3v) is 6.77. The zero-order valence-electron chi connectivity index (χ0n) is 12.0. The molecule has 2 atom stereocenters. The molecular formula is C18H20BrNS. The summed E-state index contributed by atoms with van der Waals surface area (Å²) in [4.78, 5) is 1.43. The lowest BCUT2D eigenvalue weighted by atomic mass is 9.94. The van der Waals surface area contributed by atoms with Crippen molar-refractivity contribution < 1.29 is 0 Å². The molecule has 21 heavy (non-hydrogen) atoms. The molecule has 0 amide bonds. The van der Waals surface area contributed by atoms with E-state index in [-0.39, 0.29) is 0 Å². The molecule has 4 rings (SSSR count). The quantitative estimate of drug-likeness (QED) is 0.828. The number of hydrogen-bond acceptors (Lipinski definition) is 2. The van der Waals surface area contributed by atoms with Crippen LogP contribution in [-0.2, 0) is 19.4 Å². The molecular weight excluding hydrogens is 342 g/mol. The molecule has 110 valence electrons. The van der Waals surface area contributed by atoms with Crippen molar-refractivity contribution in [1.29, 1.82) is 0 Å². The maximum absolute atomic E-state index is 3.88. The lowest BCUT2D eigenvalue weighted by Gasteiger charge is -2.23. The van der Waals surface area contributed by atoms with Crippen LogP contribution in [0.3, 0.4) is 0 Å². The Kier molecular flexibility index (Phi) is 3.91. The van der Waals surface area contributed by atoms with Crippen LogP contribution in [0.4, 0.5) is 0 Å². The maximum Gasteiger partial charge on any atom is 0.0701 e. The highest BCUT2D eigenvalue weighted by Crippen LogP contribution is 2.40. The molecule has 0 aliphatic heterocycles. The smallest absolute Gasteiger partial charge is 0.0701 e. The number of hydrogen-bond donors (Lipinski definition) is 1. The fourth-order valence-electron chi connectivity index (χ4n) is 4.15. The van der Waals surface area contributed by atoms with Gasteiger partial charge in [0.05, 0.1) is 3.79 Å². The predicted octanol–water partition coefficient (Wildman–Crippen LogP) is 4.79.